The van der Waals surface area contributed by atoms with Gasteiger partial charge in [-0.25, -0.2) is 4.98 Å². The normalized spacial score (nSPS) is 25.8. The molecule has 2 aromatic rings. The van der Waals surface area contributed by atoms with Gasteiger partial charge >= 0.3 is 0 Å². The lowest BCUT2D eigenvalue weighted by Gasteiger charge is -2.37. The molecule has 0 radical (unpaired) electrons. The van der Waals surface area contributed by atoms with E-state index in [0.717, 1.165) is 30.6 Å². The third-order valence-corrected chi connectivity index (χ3v) is 6.23. The zero-order valence-electron chi connectivity index (χ0n) is 16.9. The first-order valence-corrected chi connectivity index (χ1v) is 10.2. The molecule has 1 N–H and O–H groups in total. The monoisotopic (exact) mass is 369 g/mol. The molecule has 0 unspecified atom stereocenters. The number of nitrogens with zero attached hydrogens (tertiary/aromatic N) is 4. The minimum Gasteiger partial charge on any atom is -0.419 e. The van der Waals surface area contributed by atoms with Crippen LogP contribution in [0.25, 0.3) is 11.6 Å². The van der Waals surface area contributed by atoms with Crippen LogP contribution in [0.15, 0.2) is 28.6 Å². The van der Waals surface area contributed by atoms with Gasteiger partial charge in [-0.15, -0.1) is 10.2 Å². The van der Waals surface area contributed by atoms with Gasteiger partial charge in [0.25, 0.3) is 5.89 Å². The van der Waals surface area contributed by atoms with Crippen LogP contribution >= 0.6 is 0 Å². The first-order chi connectivity index (χ1) is 13.0. The maximum Gasteiger partial charge on any atom is 0.265 e. The Balaban J connectivity index is 1.46. The van der Waals surface area contributed by atoms with Gasteiger partial charge in [0.05, 0.1) is 12.5 Å². The van der Waals surface area contributed by atoms with Gasteiger partial charge in [0.15, 0.2) is 0 Å². The zero-order chi connectivity index (χ0) is 19.0. The van der Waals surface area contributed by atoms with E-state index in [9.17, 15) is 0 Å². The van der Waals surface area contributed by atoms with Crippen molar-refractivity contribution in [3.8, 4) is 11.6 Å². The van der Waals surface area contributed by atoms with E-state index < -0.39 is 0 Å². The number of nitrogens with one attached hydrogen (secondary N) is 1. The number of aromatic nitrogens is 4. The van der Waals surface area contributed by atoms with Crippen LogP contribution in [-0.4, -0.2) is 32.3 Å². The first-order valence-electron chi connectivity index (χ1n) is 10.2. The van der Waals surface area contributed by atoms with Crippen molar-refractivity contribution in [3.05, 3.63) is 30.1 Å². The summed E-state index contributed by atoms with van der Waals surface area (Å²) in [5, 5.41) is 12.3. The third-order valence-electron chi connectivity index (χ3n) is 6.23. The highest BCUT2D eigenvalue weighted by Crippen LogP contribution is 2.39. The molecule has 3 atom stereocenters. The summed E-state index contributed by atoms with van der Waals surface area (Å²) in [7, 11) is 1.93. The number of rotatable bonds is 7. The Morgan fingerprint density at radius 2 is 2.11 bits per heavy atom. The predicted molar refractivity (Wildman–Crippen MR) is 105 cm³/mol. The van der Waals surface area contributed by atoms with Gasteiger partial charge in [0.1, 0.15) is 5.69 Å². The lowest BCUT2D eigenvalue weighted by Crippen LogP contribution is -2.35. The van der Waals surface area contributed by atoms with Crippen molar-refractivity contribution in [2.24, 2.45) is 30.7 Å². The fraction of sp³-hybridized carbons (Fsp3) is 0.667. The molecule has 0 aliphatic heterocycles. The quantitative estimate of drug-likeness (QED) is 0.755. The Kier molecular flexibility index (Phi) is 5.17. The van der Waals surface area contributed by atoms with Crippen molar-refractivity contribution in [1.29, 1.82) is 0 Å². The molecule has 2 aliphatic carbocycles. The van der Waals surface area contributed by atoms with Gasteiger partial charge in [0, 0.05) is 26.1 Å². The minimum atomic E-state index is 0.481. The maximum absolute atomic E-state index is 5.95. The Hall–Kier alpha value is -1.95. The number of allylic oxidation sites excluding steroid dienone is 1. The van der Waals surface area contributed by atoms with Crippen molar-refractivity contribution in [3.63, 3.8) is 0 Å². The zero-order valence-corrected chi connectivity index (χ0v) is 16.9. The van der Waals surface area contributed by atoms with Crippen LogP contribution in [-0.2, 0) is 13.5 Å². The van der Waals surface area contributed by atoms with Gasteiger partial charge in [-0.1, -0.05) is 25.5 Å². The SMILES string of the molecule is CC1=C[C@@H](CNC2CC2)[C@H](C(C)C)C[C@H]1Cc1nnc(-c2cncn2C)o1. The number of aryl methyl sites for hydroxylation is 1. The average molecular weight is 370 g/mol. The fourth-order valence-electron chi connectivity index (χ4n) is 4.31. The van der Waals surface area contributed by atoms with Crippen molar-refractivity contribution in [2.45, 2.75) is 52.5 Å². The number of hydrogen-bond donors (Lipinski definition) is 1. The highest BCUT2D eigenvalue weighted by molar-refractivity contribution is 5.44. The molecule has 0 bridgehead atoms. The van der Waals surface area contributed by atoms with Gasteiger partial charge in [0.2, 0.25) is 5.89 Å². The first kappa shape index (κ1) is 18.4. The van der Waals surface area contributed by atoms with Crippen molar-refractivity contribution in [1.82, 2.24) is 25.1 Å². The topological polar surface area (TPSA) is 68.8 Å². The van der Waals surface area contributed by atoms with E-state index in [0.29, 0.717) is 29.6 Å². The van der Waals surface area contributed by atoms with Crippen LogP contribution in [0.2, 0.25) is 0 Å². The molecular formula is C21H31N5O. The summed E-state index contributed by atoms with van der Waals surface area (Å²) in [6, 6.07) is 0.771. The average Bonchev–Trinajstić information content (AvgIpc) is 3.19. The van der Waals surface area contributed by atoms with Gasteiger partial charge in [-0.3, -0.25) is 0 Å². The maximum atomic E-state index is 5.95. The van der Waals surface area contributed by atoms with Crippen molar-refractivity contribution in [2.75, 3.05) is 6.54 Å². The molecule has 1 fully saturated rings. The molecule has 0 aromatic carbocycles. The largest absolute Gasteiger partial charge is 0.419 e. The molecular weight excluding hydrogens is 338 g/mol. The van der Waals surface area contributed by atoms with E-state index in [1.165, 1.54) is 24.8 Å². The van der Waals surface area contributed by atoms with Crippen LogP contribution in [0, 0.1) is 23.7 Å². The van der Waals surface area contributed by atoms with Crippen LogP contribution in [0.5, 0.6) is 0 Å². The highest BCUT2D eigenvalue weighted by atomic mass is 16.4. The van der Waals surface area contributed by atoms with Crippen molar-refractivity contribution < 1.29 is 4.42 Å². The third kappa shape index (κ3) is 4.15. The van der Waals surface area contributed by atoms with E-state index in [4.69, 9.17) is 4.42 Å². The standard InChI is InChI=1S/C21H31N5O/c1-13(2)18-8-15(14(3)7-16(18)10-23-17-5-6-17)9-20-24-25-21(27-20)19-11-22-12-26(19)4/h7,11-13,15-18,23H,5-6,8-10H2,1-4H3/t15-,16-,18-/m0/s1. The van der Waals surface area contributed by atoms with Gasteiger partial charge in [-0.05, 0) is 49.9 Å². The molecule has 2 heterocycles. The molecule has 4 rings (SSSR count). The molecule has 1 saturated carbocycles. The Bertz CT molecular complexity index is 801. The van der Waals surface area contributed by atoms with Crippen LogP contribution in [0.1, 0.15) is 45.9 Å². The molecule has 0 spiro atoms. The van der Waals surface area contributed by atoms with Gasteiger partial charge < -0.3 is 14.3 Å². The van der Waals surface area contributed by atoms with E-state index in [2.05, 4.69) is 47.3 Å². The molecule has 27 heavy (non-hydrogen) atoms. The summed E-state index contributed by atoms with van der Waals surface area (Å²) in [6.45, 7) is 8.09. The smallest absolute Gasteiger partial charge is 0.265 e. The Morgan fingerprint density at radius 1 is 1.30 bits per heavy atom. The Labute approximate surface area is 161 Å². The molecule has 6 nitrogen and oxygen atoms in total. The fourth-order valence-corrected chi connectivity index (χ4v) is 4.31. The summed E-state index contributed by atoms with van der Waals surface area (Å²) < 4.78 is 7.85. The second-order valence-corrected chi connectivity index (χ2v) is 8.69. The summed E-state index contributed by atoms with van der Waals surface area (Å²) in [6.07, 6.45) is 10.7. The number of hydrogen-bond acceptors (Lipinski definition) is 5. The highest BCUT2D eigenvalue weighted by Gasteiger charge is 2.33. The number of imidazole rings is 1. The molecule has 0 amide bonds. The lowest BCUT2D eigenvalue weighted by atomic mass is 9.70. The second kappa shape index (κ2) is 7.58. The summed E-state index contributed by atoms with van der Waals surface area (Å²) in [5.41, 5.74) is 2.32. The lowest BCUT2D eigenvalue weighted by molar-refractivity contribution is 0.218. The molecule has 0 saturated heterocycles. The molecule has 6 heteroatoms. The molecule has 146 valence electrons. The van der Waals surface area contributed by atoms with Crippen molar-refractivity contribution >= 4 is 0 Å². The predicted octanol–water partition coefficient (Wildman–Crippen LogP) is 3.62. The summed E-state index contributed by atoms with van der Waals surface area (Å²) in [5.74, 6) is 3.76. The van der Waals surface area contributed by atoms with Gasteiger partial charge in [-0.2, -0.15) is 0 Å². The van der Waals surface area contributed by atoms with E-state index in [1.54, 1.807) is 12.5 Å². The summed E-state index contributed by atoms with van der Waals surface area (Å²) in [4.78, 5) is 4.13. The van der Waals surface area contributed by atoms with Crippen LogP contribution in [0.3, 0.4) is 0 Å². The summed E-state index contributed by atoms with van der Waals surface area (Å²) >= 11 is 0. The molecule has 2 aromatic heterocycles. The van der Waals surface area contributed by atoms with Crippen LogP contribution in [0.4, 0.5) is 0 Å². The Morgan fingerprint density at radius 3 is 2.78 bits per heavy atom. The minimum absolute atomic E-state index is 0.481. The second-order valence-electron chi connectivity index (χ2n) is 8.69. The van der Waals surface area contributed by atoms with E-state index in [-0.39, 0.29) is 0 Å². The van der Waals surface area contributed by atoms with Crippen LogP contribution < -0.4 is 5.32 Å². The molecule has 2 aliphatic rings. The van der Waals surface area contributed by atoms with E-state index >= 15 is 0 Å². The van der Waals surface area contributed by atoms with E-state index in [1.807, 2.05) is 11.6 Å².